The lowest BCUT2D eigenvalue weighted by Crippen LogP contribution is -2.58. The molecule has 0 radical (unpaired) electrons. The van der Waals surface area contributed by atoms with Gasteiger partial charge in [0.25, 0.3) is 0 Å². The highest BCUT2D eigenvalue weighted by molar-refractivity contribution is 5.82. The van der Waals surface area contributed by atoms with Crippen LogP contribution in [-0.4, -0.2) is 34.2 Å². The van der Waals surface area contributed by atoms with Gasteiger partial charge in [-0.2, -0.15) is 0 Å². The number of likely N-dealkylation sites (tertiary alicyclic amines) is 1. The van der Waals surface area contributed by atoms with Gasteiger partial charge >= 0.3 is 6.09 Å². The number of piperidine rings is 1. The molecule has 0 unspecified atom stereocenters. The number of rotatable bonds is 1. The van der Waals surface area contributed by atoms with E-state index >= 15 is 0 Å². The van der Waals surface area contributed by atoms with Gasteiger partial charge in [0.05, 0.1) is 0 Å². The molecular weight excluding hydrogens is 276 g/mol. The first-order valence-corrected chi connectivity index (χ1v) is 7.83. The summed E-state index contributed by atoms with van der Waals surface area (Å²) in [5.74, 6) is 0.867. The Kier molecular flexibility index (Phi) is 6.00. The smallest absolute Gasteiger partial charge is 0.409 e. The zero-order valence-corrected chi connectivity index (χ0v) is 14.7. The SMILES string of the molecule is CC1CC(C)(C)N(C)C(C)(C)C1.O=C(O)Nc1ccccc1. The van der Waals surface area contributed by atoms with Gasteiger partial charge in [-0.15, -0.1) is 0 Å². The van der Waals surface area contributed by atoms with Crippen molar-refractivity contribution in [3.8, 4) is 0 Å². The van der Waals surface area contributed by atoms with Gasteiger partial charge < -0.3 is 5.11 Å². The summed E-state index contributed by atoms with van der Waals surface area (Å²) in [5.41, 5.74) is 1.34. The van der Waals surface area contributed by atoms with E-state index < -0.39 is 6.09 Å². The van der Waals surface area contributed by atoms with Crippen molar-refractivity contribution in [2.24, 2.45) is 5.92 Å². The van der Waals surface area contributed by atoms with Crippen molar-refractivity contribution in [3.05, 3.63) is 30.3 Å². The van der Waals surface area contributed by atoms with Crippen molar-refractivity contribution < 1.29 is 9.90 Å². The van der Waals surface area contributed by atoms with Crippen LogP contribution >= 0.6 is 0 Å². The van der Waals surface area contributed by atoms with Gasteiger partial charge in [-0.3, -0.25) is 10.2 Å². The van der Waals surface area contributed by atoms with E-state index in [9.17, 15) is 4.79 Å². The monoisotopic (exact) mass is 306 g/mol. The van der Waals surface area contributed by atoms with E-state index in [2.05, 4.69) is 51.9 Å². The maximum absolute atomic E-state index is 10.1. The van der Waals surface area contributed by atoms with Crippen molar-refractivity contribution in [2.45, 2.75) is 58.5 Å². The molecule has 0 aliphatic carbocycles. The van der Waals surface area contributed by atoms with Crippen molar-refractivity contribution in [1.29, 1.82) is 0 Å². The Morgan fingerprint density at radius 1 is 1.14 bits per heavy atom. The zero-order chi connectivity index (χ0) is 17.0. The zero-order valence-electron chi connectivity index (χ0n) is 14.7. The molecule has 0 bridgehead atoms. The Bertz CT molecular complexity index is 465. The van der Waals surface area contributed by atoms with E-state index in [0.29, 0.717) is 16.8 Å². The predicted octanol–water partition coefficient (Wildman–Crippen LogP) is 4.68. The third kappa shape index (κ3) is 5.34. The average molecular weight is 306 g/mol. The van der Waals surface area contributed by atoms with Crippen LogP contribution in [0.1, 0.15) is 47.5 Å². The quantitative estimate of drug-likeness (QED) is 0.792. The van der Waals surface area contributed by atoms with E-state index in [4.69, 9.17) is 5.11 Å². The summed E-state index contributed by atoms with van der Waals surface area (Å²) in [6.45, 7) is 11.8. The Morgan fingerprint density at radius 3 is 2.00 bits per heavy atom. The molecule has 4 heteroatoms. The molecule has 1 heterocycles. The second-order valence-corrected chi connectivity index (χ2v) is 7.49. The van der Waals surface area contributed by atoms with Crippen LogP contribution in [0.4, 0.5) is 10.5 Å². The largest absolute Gasteiger partial charge is 0.465 e. The van der Waals surface area contributed by atoms with Gasteiger partial charge in [-0.25, -0.2) is 4.79 Å². The average Bonchev–Trinajstić information content (AvgIpc) is 2.36. The number of nitrogens with one attached hydrogen (secondary N) is 1. The minimum absolute atomic E-state index is 0.376. The highest BCUT2D eigenvalue weighted by Gasteiger charge is 2.41. The molecule has 22 heavy (non-hydrogen) atoms. The Hall–Kier alpha value is -1.55. The van der Waals surface area contributed by atoms with E-state index in [1.165, 1.54) is 12.8 Å². The molecule has 1 amide bonds. The third-order valence-electron chi connectivity index (χ3n) is 4.54. The number of anilines is 1. The van der Waals surface area contributed by atoms with Gasteiger partial charge in [-0.1, -0.05) is 25.1 Å². The van der Waals surface area contributed by atoms with Crippen LogP contribution in [0.25, 0.3) is 0 Å². The van der Waals surface area contributed by atoms with Crippen LogP contribution in [0.2, 0.25) is 0 Å². The topological polar surface area (TPSA) is 52.6 Å². The Balaban J connectivity index is 0.000000224. The van der Waals surface area contributed by atoms with Crippen LogP contribution in [0.3, 0.4) is 0 Å². The van der Waals surface area contributed by atoms with E-state index in [0.717, 1.165) is 5.92 Å². The molecule has 1 saturated heterocycles. The van der Waals surface area contributed by atoms with Crippen molar-refractivity contribution >= 4 is 11.8 Å². The molecule has 2 N–H and O–H groups in total. The molecule has 124 valence electrons. The highest BCUT2D eigenvalue weighted by Crippen LogP contribution is 2.39. The fraction of sp³-hybridized carbons (Fsp3) is 0.611. The van der Waals surface area contributed by atoms with Gasteiger partial charge in [0, 0.05) is 16.8 Å². The number of amides is 1. The number of benzene rings is 1. The summed E-state index contributed by atoms with van der Waals surface area (Å²) in [6.07, 6.45) is 1.62. The number of carboxylic acid groups (broad SMARTS) is 1. The van der Waals surface area contributed by atoms with Crippen molar-refractivity contribution in [2.75, 3.05) is 12.4 Å². The number of hydrogen-bond acceptors (Lipinski definition) is 2. The highest BCUT2D eigenvalue weighted by atomic mass is 16.4. The lowest BCUT2D eigenvalue weighted by Gasteiger charge is -2.53. The van der Waals surface area contributed by atoms with E-state index in [1.54, 1.807) is 24.3 Å². The van der Waals surface area contributed by atoms with E-state index in [1.807, 2.05) is 6.07 Å². The van der Waals surface area contributed by atoms with Crippen LogP contribution in [0.15, 0.2) is 30.3 Å². The fourth-order valence-corrected chi connectivity index (χ4v) is 3.52. The number of hydrogen-bond donors (Lipinski definition) is 2. The molecule has 0 aromatic heterocycles. The van der Waals surface area contributed by atoms with Crippen molar-refractivity contribution in [3.63, 3.8) is 0 Å². The third-order valence-corrected chi connectivity index (χ3v) is 4.54. The second-order valence-electron chi connectivity index (χ2n) is 7.49. The summed E-state index contributed by atoms with van der Waals surface area (Å²) < 4.78 is 0. The Labute approximate surface area is 134 Å². The maximum atomic E-state index is 10.1. The summed E-state index contributed by atoms with van der Waals surface area (Å²) in [4.78, 5) is 12.6. The second kappa shape index (κ2) is 7.14. The van der Waals surface area contributed by atoms with Crippen LogP contribution in [-0.2, 0) is 0 Å². The molecular formula is C18H30N2O2. The molecule has 1 aliphatic rings. The predicted molar refractivity (Wildman–Crippen MR) is 92.4 cm³/mol. The number of nitrogens with zero attached hydrogens (tertiary/aromatic N) is 1. The summed E-state index contributed by atoms with van der Waals surface area (Å²) in [7, 11) is 2.26. The first-order valence-electron chi connectivity index (χ1n) is 7.83. The molecule has 1 aliphatic heterocycles. The summed E-state index contributed by atoms with van der Waals surface area (Å²) in [6, 6.07) is 8.74. The minimum Gasteiger partial charge on any atom is -0.465 e. The standard InChI is InChI=1S/C11H23N.C7H7NO2/c1-9-7-10(2,3)12(6)11(4,5)8-9;9-7(10)8-6-4-2-1-3-5-6/h9H,7-8H2,1-6H3;1-5,8H,(H,9,10). The Morgan fingerprint density at radius 2 is 1.59 bits per heavy atom. The first kappa shape index (κ1) is 18.5. The van der Waals surface area contributed by atoms with Gasteiger partial charge in [-0.05, 0) is 65.6 Å². The number of para-hydroxylation sites is 1. The normalized spacial score (nSPS) is 20.6. The van der Waals surface area contributed by atoms with Crippen molar-refractivity contribution in [1.82, 2.24) is 4.90 Å². The molecule has 4 nitrogen and oxygen atoms in total. The molecule has 1 aromatic rings. The maximum Gasteiger partial charge on any atom is 0.409 e. The van der Waals surface area contributed by atoms with Crippen LogP contribution in [0.5, 0.6) is 0 Å². The molecule has 1 aromatic carbocycles. The minimum atomic E-state index is -1.04. The molecule has 1 fully saturated rings. The number of carbonyl (C=O) groups is 1. The molecule has 0 atom stereocenters. The van der Waals surface area contributed by atoms with Gasteiger partial charge in [0.1, 0.15) is 0 Å². The summed E-state index contributed by atoms with van der Waals surface area (Å²) in [5, 5.41) is 10.5. The molecule has 0 saturated carbocycles. The first-order chi connectivity index (χ1) is 10.0. The van der Waals surface area contributed by atoms with E-state index in [-0.39, 0.29) is 0 Å². The molecule has 2 rings (SSSR count). The van der Waals surface area contributed by atoms with Crippen LogP contribution < -0.4 is 5.32 Å². The summed E-state index contributed by atoms with van der Waals surface area (Å²) >= 11 is 0. The van der Waals surface area contributed by atoms with Gasteiger partial charge in [0.15, 0.2) is 0 Å². The fourth-order valence-electron chi connectivity index (χ4n) is 3.52. The molecule has 0 spiro atoms. The van der Waals surface area contributed by atoms with Crippen LogP contribution in [0, 0.1) is 5.92 Å². The lowest BCUT2D eigenvalue weighted by molar-refractivity contribution is -0.0255. The lowest BCUT2D eigenvalue weighted by atomic mass is 9.75. The van der Waals surface area contributed by atoms with Gasteiger partial charge in [0.2, 0.25) is 0 Å².